The number of Topliss-reactive ketones (excluding diaryl/α,β-unsaturated/α-hetero) is 1. The Labute approximate surface area is 179 Å². The summed E-state index contributed by atoms with van der Waals surface area (Å²) in [5, 5.41) is 1.83. The lowest BCUT2D eigenvalue weighted by Crippen LogP contribution is -2.33. The van der Waals surface area contributed by atoms with E-state index in [9.17, 15) is 9.59 Å². The number of ether oxygens (including phenoxy) is 3. The highest BCUT2D eigenvalue weighted by atomic mass is 32.1. The molecule has 0 fully saturated rings. The van der Waals surface area contributed by atoms with Crippen molar-refractivity contribution in [3.05, 3.63) is 69.2 Å². The van der Waals surface area contributed by atoms with Gasteiger partial charge in [-0.3, -0.25) is 4.79 Å². The molecule has 2 aromatic heterocycles. The Hall–Kier alpha value is -3.06. The van der Waals surface area contributed by atoms with Crippen molar-refractivity contribution in [1.29, 1.82) is 0 Å². The highest BCUT2D eigenvalue weighted by Crippen LogP contribution is 2.31. The highest BCUT2D eigenvalue weighted by Gasteiger charge is 2.24. The summed E-state index contributed by atoms with van der Waals surface area (Å²) >= 11 is 1.31. The summed E-state index contributed by atoms with van der Waals surface area (Å²) in [6.45, 7) is 6.41. The van der Waals surface area contributed by atoms with Crippen LogP contribution in [0.4, 0.5) is 0 Å². The van der Waals surface area contributed by atoms with Crippen LogP contribution in [0.2, 0.25) is 0 Å². The predicted octanol–water partition coefficient (Wildman–Crippen LogP) is 4.35. The van der Waals surface area contributed by atoms with Gasteiger partial charge >= 0.3 is 5.97 Å². The minimum absolute atomic E-state index is 0.160. The van der Waals surface area contributed by atoms with E-state index in [1.807, 2.05) is 67.1 Å². The molecule has 0 saturated heterocycles. The lowest BCUT2D eigenvalue weighted by molar-refractivity contribution is 0.0478. The molecule has 7 heteroatoms. The maximum atomic E-state index is 12.7. The van der Waals surface area contributed by atoms with E-state index in [1.165, 1.54) is 11.3 Å². The standard InChI is InChI=1S/C23H23NO5S/c1-14-8-9-30-22(14)23(26)28-13-19(25)18-10-15(2)24(16(18)3)11-17-12-27-20-6-4-5-7-21(20)29-17/h4-10,17H,11-13H2,1-3H3/t17-/m0/s1. The second-order valence-corrected chi connectivity index (χ2v) is 8.24. The molecule has 4 rings (SSSR count). The Morgan fingerprint density at radius 3 is 2.67 bits per heavy atom. The number of ketones is 1. The maximum absolute atomic E-state index is 12.7. The number of fused-ring (bicyclic) bond motifs is 1. The number of hydrogen-bond acceptors (Lipinski definition) is 6. The first-order chi connectivity index (χ1) is 14.4. The molecule has 3 heterocycles. The van der Waals surface area contributed by atoms with Gasteiger partial charge in [0.25, 0.3) is 0 Å². The third kappa shape index (κ3) is 3.98. The van der Waals surface area contributed by atoms with Crippen molar-refractivity contribution in [1.82, 2.24) is 4.57 Å². The number of carbonyl (C=O) groups is 2. The van der Waals surface area contributed by atoms with Gasteiger partial charge in [-0.25, -0.2) is 4.79 Å². The third-order valence-electron chi connectivity index (χ3n) is 5.21. The Balaban J connectivity index is 1.42. The summed E-state index contributed by atoms with van der Waals surface area (Å²) in [6, 6.07) is 11.3. The molecule has 0 bridgehead atoms. The molecule has 30 heavy (non-hydrogen) atoms. The minimum Gasteiger partial charge on any atom is -0.486 e. The molecular weight excluding hydrogens is 402 g/mol. The Morgan fingerprint density at radius 1 is 1.17 bits per heavy atom. The van der Waals surface area contributed by atoms with E-state index in [0.717, 1.165) is 28.5 Å². The fourth-order valence-electron chi connectivity index (χ4n) is 3.58. The van der Waals surface area contributed by atoms with Crippen molar-refractivity contribution in [2.75, 3.05) is 13.2 Å². The van der Waals surface area contributed by atoms with Crippen LogP contribution in [0, 0.1) is 20.8 Å². The number of aromatic nitrogens is 1. The van der Waals surface area contributed by atoms with Gasteiger partial charge in [-0.1, -0.05) is 12.1 Å². The topological polar surface area (TPSA) is 66.8 Å². The fourth-order valence-corrected chi connectivity index (χ4v) is 4.39. The summed E-state index contributed by atoms with van der Waals surface area (Å²) in [5.41, 5.74) is 3.18. The zero-order valence-electron chi connectivity index (χ0n) is 17.1. The molecule has 1 atom stereocenters. The molecule has 0 spiro atoms. The third-order valence-corrected chi connectivity index (χ3v) is 6.21. The lowest BCUT2D eigenvalue weighted by atomic mass is 10.1. The number of rotatable bonds is 6. The molecule has 0 N–H and O–H groups in total. The number of hydrogen-bond donors (Lipinski definition) is 0. The van der Waals surface area contributed by atoms with Gasteiger partial charge in [0.2, 0.25) is 5.78 Å². The quantitative estimate of drug-likeness (QED) is 0.434. The fraction of sp³-hybridized carbons (Fsp3) is 0.304. The van der Waals surface area contributed by atoms with Crippen LogP contribution in [0.25, 0.3) is 0 Å². The summed E-state index contributed by atoms with van der Waals surface area (Å²) in [5.74, 6) is 0.788. The molecule has 3 aromatic rings. The first-order valence-corrected chi connectivity index (χ1v) is 10.6. The molecule has 1 aliphatic heterocycles. The van der Waals surface area contributed by atoms with E-state index in [-0.39, 0.29) is 18.5 Å². The molecule has 0 radical (unpaired) electrons. The summed E-state index contributed by atoms with van der Waals surface area (Å²) < 4.78 is 19.1. The first-order valence-electron chi connectivity index (χ1n) is 9.73. The second kappa shape index (κ2) is 8.36. The van der Waals surface area contributed by atoms with Crippen LogP contribution < -0.4 is 9.47 Å². The van der Waals surface area contributed by atoms with Crippen LogP contribution >= 0.6 is 11.3 Å². The number of benzene rings is 1. The van der Waals surface area contributed by atoms with Gasteiger partial charge in [0.1, 0.15) is 11.5 Å². The van der Waals surface area contributed by atoms with Gasteiger partial charge in [0, 0.05) is 17.0 Å². The average molecular weight is 426 g/mol. The van der Waals surface area contributed by atoms with Crippen LogP contribution in [0.1, 0.15) is 37.0 Å². The number of nitrogens with zero attached hydrogens (tertiary/aromatic N) is 1. The van der Waals surface area contributed by atoms with Gasteiger partial charge in [0.15, 0.2) is 24.2 Å². The maximum Gasteiger partial charge on any atom is 0.349 e. The van der Waals surface area contributed by atoms with E-state index in [1.54, 1.807) is 0 Å². The van der Waals surface area contributed by atoms with Gasteiger partial charge < -0.3 is 18.8 Å². The van der Waals surface area contributed by atoms with Crippen molar-refractivity contribution in [2.45, 2.75) is 33.4 Å². The largest absolute Gasteiger partial charge is 0.486 e. The number of para-hydroxylation sites is 2. The van der Waals surface area contributed by atoms with Crippen LogP contribution in [-0.4, -0.2) is 35.6 Å². The zero-order valence-corrected chi connectivity index (χ0v) is 18.0. The summed E-state index contributed by atoms with van der Waals surface area (Å²) in [7, 11) is 0. The van der Waals surface area contributed by atoms with Gasteiger partial charge in [-0.05, 0) is 56.0 Å². The first kappa shape index (κ1) is 20.2. The molecule has 0 aliphatic carbocycles. The Bertz CT molecular complexity index is 1100. The molecule has 0 saturated carbocycles. The van der Waals surface area contributed by atoms with E-state index in [0.29, 0.717) is 23.6 Å². The second-order valence-electron chi connectivity index (χ2n) is 7.33. The minimum atomic E-state index is -0.462. The van der Waals surface area contributed by atoms with Crippen molar-refractivity contribution in [3.63, 3.8) is 0 Å². The monoisotopic (exact) mass is 425 g/mol. The molecular formula is C23H23NO5S. The van der Waals surface area contributed by atoms with Gasteiger partial charge in [0.05, 0.1) is 6.54 Å². The normalized spacial score (nSPS) is 15.1. The van der Waals surface area contributed by atoms with Gasteiger partial charge in [-0.15, -0.1) is 11.3 Å². The number of carbonyl (C=O) groups excluding carboxylic acids is 2. The van der Waals surface area contributed by atoms with Crippen LogP contribution in [-0.2, 0) is 11.3 Å². The SMILES string of the molecule is Cc1ccsc1C(=O)OCC(=O)c1cc(C)n(C[C@H]2COc3ccccc3O2)c1C. The van der Waals surface area contributed by atoms with Crippen molar-refractivity contribution >= 4 is 23.1 Å². The smallest absolute Gasteiger partial charge is 0.349 e. The number of aryl methyl sites for hydroxylation is 2. The van der Waals surface area contributed by atoms with Crippen molar-refractivity contribution in [2.24, 2.45) is 0 Å². The van der Waals surface area contributed by atoms with Crippen LogP contribution in [0.3, 0.4) is 0 Å². The van der Waals surface area contributed by atoms with Crippen LogP contribution in [0.15, 0.2) is 41.8 Å². The molecule has 0 unspecified atom stereocenters. The summed E-state index contributed by atoms with van der Waals surface area (Å²) in [4.78, 5) is 25.4. The van der Waals surface area contributed by atoms with Crippen molar-refractivity contribution in [3.8, 4) is 11.5 Å². The van der Waals surface area contributed by atoms with E-state index >= 15 is 0 Å². The van der Waals surface area contributed by atoms with Crippen molar-refractivity contribution < 1.29 is 23.8 Å². The Kier molecular flexibility index (Phi) is 5.63. The highest BCUT2D eigenvalue weighted by molar-refractivity contribution is 7.12. The summed E-state index contributed by atoms with van der Waals surface area (Å²) in [6.07, 6.45) is -0.160. The predicted molar refractivity (Wildman–Crippen MR) is 114 cm³/mol. The molecule has 156 valence electrons. The van der Waals surface area contributed by atoms with E-state index < -0.39 is 5.97 Å². The number of thiophene rings is 1. The van der Waals surface area contributed by atoms with Gasteiger partial charge in [-0.2, -0.15) is 0 Å². The molecule has 1 aliphatic rings. The zero-order chi connectivity index (χ0) is 21.3. The van der Waals surface area contributed by atoms with E-state index in [2.05, 4.69) is 0 Å². The lowest BCUT2D eigenvalue weighted by Gasteiger charge is -2.27. The molecule has 1 aromatic carbocycles. The van der Waals surface area contributed by atoms with Crippen LogP contribution in [0.5, 0.6) is 11.5 Å². The molecule has 0 amide bonds. The molecule has 6 nitrogen and oxygen atoms in total. The average Bonchev–Trinajstić information content (AvgIpc) is 3.30. The Morgan fingerprint density at radius 2 is 1.93 bits per heavy atom. The number of esters is 1. The van der Waals surface area contributed by atoms with E-state index in [4.69, 9.17) is 14.2 Å².